The number of hydrogen-bond acceptors (Lipinski definition) is 5. The lowest BCUT2D eigenvalue weighted by atomic mass is 10.1. The Morgan fingerprint density at radius 3 is 2.29 bits per heavy atom. The van der Waals surface area contributed by atoms with Crippen LogP contribution in [0.1, 0.15) is 15.9 Å². The van der Waals surface area contributed by atoms with Crippen molar-refractivity contribution in [1.29, 1.82) is 5.26 Å². The maximum Gasteiger partial charge on any atom is 0.338 e. The Hall–Kier alpha value is -2.22. The van der Waals surface area contributed by atoms with Crippen molar-refractivity contribution in [2.24, 2.45) is 0 Å². The number of rotatable bonds is 1. The number of nitriles is 1. The van der Waals surface area contributed by atoms with Gasteiger partial charge >= 0.3 is 5.97 Å². The molecule has 5 heteroatoms. The summed E-state index contributed by atoms with van der Waals surface area (Å²) in [6.45, 7) is 0. The molecule has 14 heavy (non-hydrogen) atoms. The lowest BCUT2D eigenvalue weighted by Crippen LogP contribution is -2.01. The summed E-state index contributed by atoms with van der Waals surface area (Å²) in [6, 6.07) is 3.71. The van der Waals surface area contributed by atoms with E-state index < -0.39 is 17.5 Å². The molecular formula is C9H7NO4. The van der Waals surface area contributed by atoms with Crippen LogP contribution in [0, 0.1) is 11.3 Å². The van der Waals surface area contributed by atoms with Crippen LogP contribution in [0.25, 0.3) is 0 Å². The second-order valence-electron chi connectivity index (χ2n) is 2.49. The van der Waals surface area contributed by atoms with Gasteiger partial charge < -0.3 is 14.9 Å². The van der Waals surface area contributed by atoms with Gasteiger partial charge in [0.05, 0.1) is 12.7 Å². The van der Waals surface area contributed by atoms with E-state index in [-0.39, 0.29) is 11.1 Å². The molecule has 72 valence electrons. The van der Waals surface area contributed by atoms with Gasteiger partial charge in [-0.15, -0.1) is 0 Å². The Balaban J connectivity index is 3.29. The molecule has 1 aromatic carbocycles. The molecule has 0 atom stereocenters. The largest absolute Gasteiger partial charge is 0.506 e. The average molecular weight is 193 g/mol. The predicted octanol–water partition coefficient (Wildman–Crippen LogP) is 0.756. The quantitative estimate of drug-likeness (QED) is 0.642. The van der Waals surface area contributed by atoms with Crippen LogP contribution in [-0.4, -0.2) is 23.3 Å². The number of carbonyl (C=O) groups is 1. The molecule has 0 amide bonds. The van der Waals surface area contributed by atoms with Crippen molar-refractivity contribution < 1.29 is 19.7 Å². The molecule has 0 aromatic heterocycles. The van der Waals surface area contributed by atoms with Crippen molar-refractivity contribution in [2.75, 3.05) is 7.11 Å². The number of ether oxygens (including phenoxy) is 1. The number of methoxy groups -OCH3 is 1. The molecule has 0 bridgehead atoms. The maximum atomic E-state index is 11.0. The van der Waals surface area contributed by atoms with E-state index in [0.29, 0.717) is 0 Å². The summed E-state index contributed by atoms with van der Waals surface area (Å²) in [5, 5.41) is 27.0. The molecule has 0 saturated carbocycles. The molecule has 0 spiro atoms. The number of phenols is 2. The normalized spacial score (nSPS) is 9.14. The molecule has 1 rings (SSSR count). The van der Waals surface area contributed by atoms with Gasteiger partial charge in [-0.05, 0) is 12.1 Å². The summed E-state index contributed by atoms with van der Waals surface area (Å²) in [4.78, 5) is 11.0. The van der Waals surface area contributed by atoms with Crippen molar-refractivity contribution in [2.45, 2.75) is 0 Å². The number of esters is 1. The Labute approximate surface area is 79.8 Å². The molecule has 0 unspecified atom stereocenters. The minimum atomic E-state index is -0.694. The smallest absolute Gasteiger partial charge is 0.338 e. The van der Waals surface area contributed by atoms with E-state index in [2.05, 4.69) is 4.74 Å². The molecule has 5 nitrogen and oxygen atoms in total. The zero-order valence-corrected chi connectivity index (χ0v) is 7.31. The SMILES string of the molecule is COC(=O)c1cc(O)c(C#N)c(O)c1. The molecule has 0 aliphatic carbocycles. The highest BCUT2D eigenvalue weighted by Crippen LogP contribution is 2.27. The third kappa shape index (κ3) is 1.59. The fourth-order valence-electron chi connectivity index (χ4n) is 0.962. The van der Waals surface area contributed by atoms with Crippen molar-refractivity contribution in [3.63, 3.8) is 0 Å². The fraction of sp³-hybridized carbons (Fsp3) is 0.111. The first-order chi connectivity index (χ1) is 6.60. The van der Waals surface area contributed by atoms with Gasteiger partial charge in [-0.2, -0.15) is 5.26 Å². The van der Waals surface area contributed by atoms with Crippen LogP contribution in [-0.2, 0) is 4.74 Å². The zero-order chi connectivity index (χ0) is 10.7. The number of carbonyl (C=O) groups excluding carboxylic acids is 1. The standard InChI is InChI=1S/C9H7NO4/c1-14-9(13)5-2-7(11)6(4-10)8(12)3-5/h2-3,11-12H,1H3. The first-order valence-corrected chi connectivity index (χ1v) is 3.64. The van der Waals surface area contributed by atoms with Crippen LogP contribution in [0.5, 0.6) is 11.5 Å². The summed E-state index contributed by atoms with van der Waals surface area (Å²) in [7, 11) is 1.18. The first kappa shape index (κ1) is 9.86. The minimum Gasteiger partial charge on any atom is -0.506 e. The second-order valence-corrected chi connectivity index (χ2v) is 2.49. The zero-order valence-electron chi connectivity index (χ0n) is 7.31. The molecule has 0 heterocycles. The van der Waals surface area contributed by atoms with E-state index in [1.807, 2.05) is 0 Å². The number of aromatic hydroxyl groups is 2. The lowest BCUT2D eigenvalue weighted by molar-refractivity contribution is 0.0600. The number of phenolic OH excluding ortho intramolecular Hbond substituents is 2. The van der Waals surface area contributed by atoms with Gasteiger partial charge in [0.25, 0.3) is 0 Å². The van der Waals surface area contributed by atoms with Crippen molar-refractivity contribution in [3.05, 3.63) is 23.3 Å². The summed E-state index contributed by atoms with van der Waals surface area (Å²) in [5.41, 5.74) is -0.279. The van der Waals surface area contributed by atoms with Gasteiger partial charge in [0.2, 0.25) is 0 Å². The van der Waals surface area contributed by atoms with Gasteiger partial charge in [-0.1, -0.05) is 0 Å². The van der Waals surface area contributed by atoms with Crippen LogP contribution >= 0.6 is 0 Å². The van der Waals surface area contributed by atoms with Crippen molar-refractivity contribution in [1.82, 2.24) is 0 Å². The summed E-state index contributed by atoms with van der Waals surface area (Å²) < 4.78 is 4.38. The van der Waals surface area contributed by atoms with E-state index >= 15 is 0 Å². The van der Waals surface area contributed by atoms with E-state index in [0.717, 1.165) is 12.1 Å². The Bertz CT molecular complexity index is 396. The highest BCUT2D eigenvalue weighted by Gasteiger charge is 2.13. The Morgan fingerprint density at radius 1 is 1.43 bits per heavy atom. The summed E-state index contributed by atoms with van der Waals surface area (Å²) in [5.74, 6) is -1.60. The van der Waals surface area contributed by atoms with Crippen LogP contribution in [0.15, 0.2) is 12.1 Å². The highest BCUT2D eigenvalue weighted by atomic mass is 16.5. The average Bonchev–Trinajstić information content (AvgIpc) is 2.16. The number of nitrogens with zero attached hydrogens (tertiary/aromatic N) is 1. The summed E-state index contributed by atoms with van der Waals surface area (Å²) >= 11 is 0. The fourth-order valence-corrected chi connectivity index (χ4v) is 0.962. The third-order valence-electron chi connectivity index (χ3n) is 1.63. The predicted molar refractivity (Wildman–Crippen MR) is 45.8 cm³/mol. The van der Waals surface area contributed by atoms with Crippen LogP contribution in [0.2, 0.25) is 0 Å². The summed E-state index contributed by atoms with van der Waals surface area (Å²) in [6.07, 6.45) is 0. The van der Waals surface area contributed by atoms with Gasteiger partial charge in [-0.25, -0.2) is 4.79 Å². The molecular weight excluding hydrogens is 186 g/mol. The molecule has 2 N–H and O–H groups in total. The van der Waals surface area contributed by atoms with Crippen LogP contribution in [0.4, 0.5) is 0 Å². The second kappa shape index (κ2) is 3.66. The minimum absolute atomic E-state index is 0.0125. The van der Waals surface area contributed by atoms with E-state index in [1.165, 1.54) is 7.11 Å². The van der Waals surface area contributed by atoms with Crippen molar-refractivity contribution >= 4 is 5.97 Å². The maximum absolute atomic E-state index is 11.0. The Kier molecular flexibility index (Phi) is 2.58. The molecule has 0 radical (unpaired) electrons. The van der Waals surface area contributed by atoms with Gasteiger partial charge in [0.15, 0.2) is 0 Å². The third-order valence-corrected chi connectivity index (χ3v) is 1.63. The van der Waals surface area contributed by atoms with Gasteiger partial charge in [0.1, 0.15) is 23.1 Å². The lowest BCUT2D eigenvalue weighted by Gasteiger charge is -2.03. The molecule has 0 aliphatic heterocycles. The van der Waals surface area contributed by atoms with Crippen molar-refractivity contribution in [3.8, 4) is 17.6 Å². The molecule has 0 fully saturated rings. The highest BCUT2D eigenvalue weighted by molar-refractivity contribution is 5.90. The number of benzene rings is 1. The first-order valence-electron chi connectivity index (χ1n) is 3.64. The molecule has 1 aromatic rings. The van der Waals surface area contributed by atoms with E-state index in [4.69, 9.17) is 5.26 Å². The number of hydrogen-bond donors (Lipinski definition) is 2. The monoisotopic (exact) mass is 193 g/mol. The Morgan fingerprint density at radius 2 is 1.93 bits per heavy atom. The van der Waals surface area contributed by atoms with Crippen LogP contribution in [0.3, 0.4) is 0 Å². The molecule has 0 aliphatic rings. The molecule has 0 saturated heterocycles. The van der Waals surface area contributed by atoms with Crippen LogP contribution < -0.4 is 0 Å². The van der Waals surface area contributed by atoms with Gasteiger partial charge in [0, 0.05) is 0 Å². The topological polar surface area (TPSA) is 90.5 Å². The van der Waals surface area contributed by atoms with Gasteiger partial charge in [-0.3, -0.25) is 0 Å². The van der Waals surface area contributed by atoms with E-state index in [9.17, 15) is 15.0 Å². The van der Waals surface area contributed by atoms with E-state index in [1.54, 1.807) is 6.07 Å².